The largest absolute Gasteiger partial charge is 0.494 e. The summed E-state index contributed by atoms with van der Waals surface area (Å²) in [4.78, 5) is 6.75. The van der Waals surface area contributed by atoms with Gasteiger partial charge in [-0.15, -0.1) is 0 Å². The van der Waals surface area contributed by atoms with Gasteiger partial charge in [0.1, 0.15) is 29.4 Å². The molecule has 1 aromatic carbocycles. The van der Waals surface area contributed by atoms with Gasteiger partial charge in [0, 0.05) is 18.0 Å². The Labute approximate surface area is 153 Å². The Bertz CT molecular complexity index is 811. The van der Waals surface area contributed by atoms with Gasteiger partial charge in [-0.2, -0.15) is 5.10 Å². The van der Waals surface area contributed by atoms with Crippen molar-refractivity contribution in [1.82, 2.24) is 20.1 Å². The number of piperidine rings is 1. The minimum Gasteiger partial charge on any atom is -0.494 e. The average molecular weight is 352 g/mol. The number of aromatic amines is 1. The Morgan fingerprint density at radius 2 is 2.12 bits per heavy atom. The molecule has 0 spiro atoms. The number of ether oxygens (including phenoxy) is 1. The topological polar surface area (TPSA) is 67.2 Å². The molecule has 0 radical (unpaired) electrons. The van der Waals surface area contributed by atoms with Crippen molar-refractivity contribution >= 4 is 0 Å². The summed E-state index contributed by atoms with van der Waals surface area (Å²) >= 11 is 0. The van der Waals surface area contributed by atoms with Crippen LogP contribution >= 0.6 is 0 Å². The van der Waals surface area contributed by atoms with E-state index in [2.05, 4.69) is 26.1 Å². The van der Waals surface area contributed by atoms with Crippen LogP contribution in [0.3, 0.4) is 0 Å². The molecule has 2 aromatic heterocycles. The molecule has 0 saturated carbocycles. The first-order valence-corrected chi connectivity index (χ1v) is 9.21. The van der Waals surface area contributed by atoms with Crippen LogP contribution in [0.5, 0.6) is 5.75 Å². The highest BCUT2D eigenvalue weighted by molar-refractivity contribution is 5.58. The number of hydrogen-bond acceptors (Lipinski definition) is 5. The molecule has 136 valence electrons. The fraction of sp³-hybridized carbons (Fsp3) is 0.400. The fourth-order valence-electron chi connectivity index (χ4n) is 3.55. The number of rotatable bonds is 6. The summed E-state index contributed by atoms with van der Waals surface area (Å²) in [5.74, 6) is 4.18. The van der Waals surface area contributed by atoms with Crippen molar-refractivity contribution in [2.45, 2.75) is 32.2 Å². The van der Waals surface area contributed by atoms with Crippen LogP contribution in [0.2, 0.25) is 0 Å². The Kier molecular flexibility index (Phi) is 5.02. The quantitative estimate of drug-likeness (QED) is 0.730. The van der Waals surface area contributed by atoms with Gasteiger partial charge < -0.3 is 9.15 Å². The predicted octanol–water partition coefficient (Wildman–Crippen LogP) is 3.84. The van der Waals surface area contributed by atoms with Crippen LogP contribution in [0, 0.1) is 0 Å². The lowest BCUT2D eigenvalue weighted by Gasteiger charge is -2.30. The number of aromatic nitrogens is 3. The molecular formula is C20H24N4O2. The van der Waals surface area contributed by atoms with Gasteiger partial charge >= 0.3 is 0 Å². The maximum absolute atomic E-state index is 6.08. The zero-order chi connectivity index (χ0) is 17.8. The van der Waals surface area contributed by atoms with Gasteiger partial charge in [0.15, 0.2) is 0 Å². The van der Waals surface area contributed by atoms with Crippen molar-refractivity contribution in [1.29, 1.82) is 0 Å². The Hall–Kier alpha value is -2.60. The maximum atomic E-state index is 6.08. The minimum absolute atomic E-state index is 0.423. The van der Waals surface area contributed by atoms with Gasteiger partial charge in [0.2, 0.25) is 0 Å². The molecule has 4 rings (SSSR count). The summed E-state index contributed by atoms with van der Waals surface area (Å²) in [7, 11) is 0. The van der Waals surface area contributed by atoms with Gasteiger partial charge in [-0.25, -0.2) is 4.98 Å². The third kappa shape index (κ3) is 3.80. The van der Waals surface area contributed by atoms with Crippen molar-refractivity contribution < 1.29 is 9.15 Å². The highest BCUT2D eigenvalue weighted by Gasteiger charge is 2.24. The van der Waals surface area contributed by atoms with Gasteiger partial charge in [-0.05, 0) is 62.7 Å². The van der Waals surface area contributed by atoms with Crippen LogP contribution in [0.1, 0.15) is 37.3 Å². The number of likely N-dealkylation sites (tertiary alicyclic amines) is 1. The van der Waals surface area contributed by atoms with E-state index in [4.69, 9.17) is 9.15 Å². The normalized spacial score (nSPS) is 18.1. The lowest BCUT2D eigenvalue weighted by Crippen LogP contribution is -2.34. The molecule has 3 aromatic rings. The van der Waals surface area contributed by atoms with Gasteiger partial charge in [-0.1, -0.05) is 0 Å². The van der Waals surface area contributed by atoms with Crippen LogP contribution < -0.4 is 4.74 Å². The first-order valence-electron chi connectivity index (χ1n) is 9.21. The van der Waals surface area contributed by atoms with E-state index in [1.165, 1.54) is 0 Å². The molecular weight excluding hydrogens is 328 g/mol. The molecule has 0 unspecified atom stereocenters. The van der Waals surface area contributed by atoms with Crippen molar-refractivity contribution in [3.05, 3.63) is 54.3 Å². The number of hydrogen-bond donors (Lipinski definition) is 1. The molecule has 1 saturated heterocycles. The molecule has 26 heavy (non-hydrogen) atoms. The number of nitrogens with one attached hydrogen (secondary N) is 1. The van der Waals surface area contributed by atoms with Crippen molar-refractivity contribution in [3.8, 4) is 17.1 Å². The second-order valence-electron chi connectivity index (χ2n) is 6.67. The molecule has 1 atom stereocenters. The summed E-state index contributed by atoms with van der Waals surface area (Å²) in [5, 5.41) is 6.99. The summed E-state index contributed by atoms with van der Waals surface area (Å²) in [5.41, 5.74) is 1.07. The van der Waals surface area contributed by atoms with E-state index in [-0.39, 0.29) is 0 Å². The molecule has 6 heteroatoms. The summed E-state index contributed by atoms with van der Waals surface area (Å²) in [6, 6.07) is 12.1. The van der Waals surface area contributed by atoms with Crippen LogP contribution in [0.25, 0.3) is 11.3 Å². The Morgan fingerprint density at radius 1 is 1.23 bits per heavy atom. The van der Waals surface area contributed by atoms with Crippen LogP contribution in [0.4, 0.5) is 0 Å². The number of furan rings is 1. The summed E-state index contributed by atoms with van der Waals surface area (Å²) in [6.07, 6.45) is 3.91. The van der Waals surface area contributed by atoms with Crippen molar-refractivity contribution in [3.63, 3.8) is 0 Å². The molecule has 0 bridgehead atoms. The monoisotopic (exact) mass is 352 g/mol. The van der Waals surface area contributed by atoms with Gasteiger partial charge in [0.05, 0.1) is 13.2 Å². The summed E-state index contributed by atoms with van der Waals surface area (Å²) in [6.45, 7) is 5.55. The van der Waals surface area contributed by atoms with E-state index < -0.39 is 0 Å². The van der Waals surface area contributed by atoms with E-state index in [1.807, 2.05) is 37.3 Å². The van der Waals surface area contributed by atoms with E-state index in [0.29, 0.717) is 12.5 Å². The average Bonchev–Trinajstić information content (AvgIpc) is 3.35. The Morgan fingerprint density at radius 3 is 2.88 bits per heavy atom. The van der Waals surface area contributed by atoms with E-state index in [9.17, 15) is 0 Å². The first kappa shape index (κ1) is 16.8. The first-order chi connectivity index (χ1) is 12.8. The highest BCUT2D eigenvalue weighted by atomic mass is 16.5. The van der Waals surface area contributed by atoms with Crippen LogP contribution in [0.15, 0.2) is 47.1 Å². The molecule has 0 amide bonds. The number of nitrogens with zero attached hydrogens (tertiary/aromatic N) is 3. The molecule has 1 N–H and O–H groups in total. The van der Waals surface area contributed by atoms with Crippen LogP contribution in [-0.4, -0.2) is 39.8 Å². The minimum atomic E-state index is 0.423. The lowest BCUT2D eigenvalue weighted by molar-refractivity contribution is 0.184. The standard InChI is InChI=1S/C20H24N4O2/c1-2-25-17-7-5-15(6-8-17)19-10-9-18(26-19)13-24-11-3-4-16(12-24)20-21-14-22-23-20/h5-10,14,16H,2-4,11-13H2,1H3,(H,21,22,23)/t16-/m0/s1. The summed E-state index contributed by atoms with van der Waals surface area (Å²) < 4.78 is 11.6. The van der Waals surface area contributed by atoms with Gasteiger partial charge in [0.25, 0.3) is 0 Å². The molecule has 1 fully saturated rings. The van der Waals surface area contributed by atoms with Crippen LogP contribution in [-0.2, 0) is 6.54 Å². The van der Waals surface area contributed by atoms with E-state index in [1.54, 1.807) is 6.33 Å². The molecule has 1 aliphatic heterocycles. The van der Waals surface area contributed by atoms with E-state index >= 15 is 0 Å². The molecule has 3 heterocycles. The fourth-order valence-corrected chi connectivity index (χ4v) is 3.55. The highest BCUT2D eigenvalue weighted by Crippen LogP contribution is 2.28. The maximum Gasteiger partial charge on any atom is 0.137 e. The SMILES string of the molecule is CCOc1ccc(-c2ccc(CN3CCC[C@H](c4ncn[nH]4)C3)o2)cc1. The van der Waals surface area contributed by atoms with Crippen molar-refractivity contribution in [2.24, 2.45) is 0 Å². The van der Waals surface area contributed by atoms with Crippen molar-refractivity contribution in [2.75, 3.05) is 19.7 Å². The zero-order valence-corrected chi connectivity index (χ0v) is 15.0. The smallest absolute Gasteiger partial charge is 0.137 e. The number of benzene rings is 1. The molecule has 0 aliphatic carbocycles. The predicted molar refractivity (Wildman–Crippen MR) is 98.9 cm³/mol. The Balaban J connectivity index is 1.40. The zero-order valence-electron chi connectivity index (χ0n) is 15.0. The number of H-pyrrole nitrogens is 1. The third-order valence-electron chi connectivity index (χ3n) is 4.82. The molecule has 6 nitrogen and oxygen atoms in total. The second-order valence-corrected chi connectivity index (χ2v) is 6.67. The van der Waals surface area contributed by atoms with Gasteiger partial charge in [-0.3, -0.25) is 10.00 Å². The third-order valence-corrected chi connectivity index (χ3v) is 4.82. The second kappa shape index (κ2) is 7.74. The van der Waals surface area contributed by atoms with E-state index in [0.717, 1.165) is 61.1 Å². The molecule has 1 aliphatic rings. The lowest BCUT2D eigenvalue weighted by atomic mass is 9.97.